The van der Waals surface area contributed by atoms with Crippen LogP contribution in [0.1, 0.15) is 19.0 Å². The molecule has 1 aliphatic rings. The molecule has 0 spiro atoms. The fourth-order valence-electron chi connectivity index (χ4n) is 2.61. The molecule has 0 saturated carbocycles. The lowest BCUT2D eigenvalue weighted by atomic mass is 9.95. The molecule has 0 amide bonds. The minimum absolute atomic E-state index is 0.0398. The first kappa shape index (κ1) is 15.4. The van der Waals surface area contributed by atoms with Crippen molar-refractivity contribution in [3.05, 3.63) is 24.0 Å². The van der Waals surface area contributed by atoms with Gasteiger partial charge in [0.05, 0.1) is 5.69 Å². The zero-order valence-electron chi connectivity index (χ0n) is 11.9. The van der Waals surface area contributed by atoms with Crippen LogP contribution in [-0.4, -0.2) is 44.5 Å². The van der Waals surface area contributed by atoms with E-state index in [0.29, 0.717) is 5.69 Å². The summed E-state index contributed by atoms with van der Waals surface area (Å²) in [6.45, 7) is 3.97. The maximum atomic E-state index is 12.5. The van der Waals surface area contributed by atoms with E-state index in [1.54, 1.807) is 18.3 Å². The third-order valence-corrected chi connectivity index (χ3v) is 5.31. The Morgan fingerprint density at radius 2 is 2.30 bits per heavy atom. The molecule has 2 heterocycles. The lowest BCUT2D eigenvalue weighted by Crippen LogP contribution is -2.48. The second-order valence-electron chi connectivity index (χ2n) is 5.41. The molecule has 0 bridgehead atoms. The lowest BCUT2D eigenvalue weighted by molar-refractivity contribution is 0.188. The topological polar surface area (TPSA) is 88.3 Å². The van der Waals surface area contributed by atoms with Crippen molar-refractivity contribution < 1.29 is 8.42 Å². The largest absolute Gasteiger partial charge is 0.325 e. The van der Waals surface area contributed by atoms with E-state index in [9.17, 15) is 8.42 Å². The zero-order valence-corrected chi connectivity index (χ0v) is 12.7. The number of pyridine rings is 1. The van der Waals surface area contributed by atoms with Crippen molar-refractivity contribution in [3.63, 3.8) is 0 Å². The monoisotopic (exact) mass is 298 g/mol. The predicted molar refractivity (Wildman–Crippen MR) is 77.5 cm³/mol. The Balaban J connectivity index is 2.19. The van der Waals surface area contributed by atoms with Gasteiger partial charge in [0, 0.05) is 25.3 Å². The number of nitrogens with zero attached hydrogens (tertiary/aromatic N) is 2. The number of piperidine rings is 1. The van der Waals surface area contributed by atoms with E-state index in [1.165, 1.54) is 0 Å². The molecule has 0 radical (unpaired) electrons. The molecule has 112 valence electrons. The number of aromatic nitrogens is 1. The third kappa shape index (κ3) is 3.35. The van der Waals surface area contributed by atoms with Gasteiger partial charge >= 0.3 is 0 Å². The zero-order chi connectivity index (χ0) is 14.8. The third-order valence-electron chi connectivity index (χ3n) is 3.75. The smallest absolute Gasteiger partial charge is 0.242 e. The maximum absolute atomic E-state index is 12.5. The Hall–Kier alpha value is -1.02. The van der Waals surface area contributed by atoms with E-state index in [4.69, 9.17) is 5.73 Å². The van der Waals surface area contributed by atoms with Crippen LogP contribution in [0.15, 0.2) is 23.2 Å². The summed E-state index contributed by atoms with van der Waals surface area (Å²) in [5, 5.41) is 0. The molecule has 2 atom stereocenters. The van der Waals surface area contributed by atoms with E-state index in [1.807, 2.05) is 0 Å². The summed E-state index contributed by atoms with van der Waals surface area (Å²) in [7, 11) is -1.51. The Bertz CT molecular complexity index is 561. The van der Waals surface area contributed by atoms with Gasteiger partial charge in [-0.3, -0.25) is 4.98 Å². The fraction of sp³-hybridized carbons (Fsp3) is 0.615. The van der Waals surface area contributed by atoms with Crippen LogP contribution < -0.4 is 10.5 Å². The second-order valence-corrected chi connectivity index (χ2v) is 7.09. The summed E-state index contributed by atoms with van der Waals surface area (Å²) in [5.41, 5.74) is 5.97. The van der Waals surface area contributed by atoms with Crippen LogP contribution in [0, 0.1) is 5.92 Å². The molecule has 0 aliphatic carbocycles. The average molecular weight is 298 g/mol. The number of rotatable bonds is 4. The van der Waals surface area contributed by atoms with E-state index in [-0.39, 0.29) is 23.4 Å². The Morgan fingerprint density at radius 1 is 1.55 bits per heavy atom. The van der Waals surface area contributed by atoms with Crippen LogP contribution in [0.2, 0.25) is 0 Å². The van der Waals surface area contributed by atoms with Gasteiger partial charge in [-0.25, -0.2) is 13.1 Å². The summed E-state index contributed by atoms with van der Waals surface area (Å²) in [6.07, 6.45) is 2.37. The minimum atomic E-state index is -3.56. The van der Waals surface area contributed by atoms with Crippen molar-refractivity contribution in [2.45, 2.75) is 30.8 Å². The average Bonchev–Trinajstić information content (AvgIpc) is 2.42. The molecule has 6 nitrogen and oxygen atoms in total. The van der Waals surface area contributed by atoms with Crippen molar-refractivity contribution >= 4 is 10.0 Å². The van der Waals surface area contributed by atoms with Crippen LogP contribution in [-0.2, 0) is 16.6 Å². The molecule has 1 aromatic rings. The van der Waals surface area contributed by atoms with Crippen molar-refractivity contribution in [1.82, 2.24) is 14.6 Å². The van der Waals surface area contributed by atoms with Gasteiger partial charge in [-0.05, 0) is 38.1 Å². The first-order valence-electron chi connectivity index (χ1n) is 6.79. The fourth-order valence-corrected chi connectivity index (χ4v) is 4.19. The highest BCUT2D eigenvalue weighted by atomic mass is 32.2. The SMILES string of the molecule is CC1CN(C)CCC1NS(=O)(=O)c1cccnc1CN. The summed E-state index contributed by atoms with van der Waals surface area (Å²) in [6, 6.07) is 3.13. The van der Waals surface area contributed by atoms with Gasteiger partial charge in [-0.15, -0.1) is 0 Å². The summed E-state index contributed by atoms with van der Waals surface area (Å²) >= 11 is 0. The van der Waals surface area contributed by atoms with Crippen molar-refractivity contribution in [2.24, 2.45) is 11.7 Å². The van der Waals surface area contributed by atoms with Crippen molar-refractivity contribution in [1.29, 1.82) is 0 Å². The van der Waals surface area contributed by atoms with Gasteiger partial charge in [0.15, 0.2) is 0 Å². The molecule has 0 aromatic carbocycles. The Labute approximate surface area is 120 Å². The molecule has 7 heteroatoms. The molecular formula is C13H22N4O2S. The van der Waals surface area contributed by atoms with Crippen LogP contribution >= 0.6 is 0 Å². The van der Waals surface area contributed by atoms with Gasteiger partial charge in [0.2, 0.25) is 10.0 Å². The summed E-state index contributed by atoms with van der Waals surface area (Å²) in [5.74, 6) is 0.279. The lowest BCUT2D eigenvalue weighted by Gasteiger charge is -2.35. The molecule has 1 aliphatic heterocycles. The van der Waals surface area contributed by atoms with Crippen molar-refractivity contribution in [2.75, 3.05) is 20.1 Å². The highest BCUT2D eigenvalue weighted by molar-refractivity contribution is 7.89. The second kappa shape index (κ2) is 6.17. The van der Waals surface area contributed by atoms with E-state index in [0.717, 1.165) is 19.5 Å². The minimum Gasteiger partial charge on any atom is -0.325 e. The summed E-state index contributed by atoms with van der Waals surface area (Å²) < 4.78 is 27.8. The number of nitrogens with two attached hydrogens (primary N) is 1. The molecule has 1 aromatic heterocycles. The Kier molecular flexibility index (Phi) is 4.74. The standard InChI is InChI=1S/C13H22N4O2S/c1-10-9-17(2)7-5-11(10)16-20(18,19)13-4-3-6-15-12(13)8-14/h3-4,6,10-11,16H,5,7-9,14H2,1-2H3. The molecule has 20 heavy (non-hydrogen) atoms. The summed E-state index contributed by atoms with van der Waals surface area (Å²) in [4.78, 5) is 6.44. The number of sulfonamides is 1. The van der Waals surface area contributed by atoms with Crippen LogP contribution in [0.5, 0.6) is 0 Å². The molecule has 1 fully saturated rings. The van der Waals surface area contributed by atoms with Gasteiger partial charge < -0.3 is 10.6 Å². The number of nitrogens with one attached hydrogen (secondary N) is 1. The van der Waals surface area contributed by atoms with E-state index >= 15 is 0 Å². The van der Waals surface area contributed by atoms with Crippen LogP contribution in [0.4, 0.5) is 0 Å². The van der Waals surface area contributed by atoms with Gasteiger partial charge in [-0.2, -0.15) is 0 Å². The first-order valence-corrected chi connectivity index (χ1v) is 8.27. The van der Waals surface area contributed by atoms with Crippen LogP contribution in [0.3, 0.4) is 0 Å². The maximum Gasteiger partial charge on any atom is 0.242 e. The predicted octanol–water partition coefficient (Wildman–Crippen LogP) is 0.159. The normalized spacial score (nSPS) is 24.8. The number of hydrogen-bond donors (Lipinski definition) is 2. The number of hydrogen-bond acceptors (Lipinski definition) is 5. The quantitative estimate of drug-likeness (QED) is 0.826. The first-order chi connectivity index (χ1) is 9.44. The highest BCUT2D eigenvalue weighted by Crippen LogP contribution is 2.19. The number of likely N-dealkylation sites (tertiary alicyclic amines) is 1. The molecule has 3 N–H and O–H groups in total. The van der Waals surface area contributed by atoms with E-state index in [2.05, 4.69) is 28.6 Å². The van der Waals surface area contributed by atoms with Crippen LogP contribution in [0.25, 0.3) is 0 Å². The molecular weight excluding hydrogens is 276 g/mol. The van der Waals surface area contributed by atoms with Gasteiger partial charge in [0.25, 0.3) is 0 Å². The van der Waals surface area contributed by atoms with Crippen molar-refractivity contribution in [3.8, 4) is 0 Å². The highest BCUT2D eigenvalue weighted by Gasteiger charge is 2.29. The molecule has 1 saturated heterocycles. The molecule has 2 unspecified atom stereocenters. The molecule has 2 rings (SSSR count). The van der Waals surface area contributed by atoms with Gasteiger partial charge in [-0.1, -0.05) is 6.92 Å². The van der Waals surface area contributed by atoms with Gasteiger partial charge in [0.1, 0.15) is 4.90 Å². The van der Waals surface area contributed by atoms with E-state index < -0.39 is 10.0 Å². The Morgan fingerprint density at radius 3 is 2.95 bits per heavy atom.